The number of nitrogens with one attached hydrogen (secondary N) is 1. The molecule has 0 heterocycles. The van der Waals surface area contributed by atoms with Crippen molar-refractivity contribution in [2.24, 2.45) is 0 Å². The van der Waals surface area contributed by atoms with Gasteiger partial charge >= 0.3 is 0 Å². The highest BCUT2D eigenvalue weighted by atomic mass is 19.1. The molecule has 2 aromatic rings. The van der Waals surface area contributed by atoms with E-state index in [1.54, 1.807) is 6.07 Å². The van der Waals surface area contributed by atoms with Gasteiger partial charge in [0.2, 0.25) is 0 Å². The Bertz CT molecular complexity index is 574. The van der Waals surface area contributed by atoms with Crippen LogP contribution in [0.3, 0.4) is 0 Å². The Morgan fingerprint density at radius 1 is 1.00 bits per heavy atom. The van der Waals surface area contributed by atoms with Gasteiger partial charge in [0.15, 0.2) is 0 Å². The minimum atomic E-state index is -0.850. The molecule has 1 atom stereocenters. The lowest BCUT2D eigenvalue weighted by molar-refractivity contribution is 0.273. The summed E-state index contributed by atoms with van der Waals surface area (Å²) in [6, 6.07) is 8.03. The fraction of sp³-hybridized carbons (Fsp3) is 0.143. The van der Waals surface area contributed by atoms with Crippen molar-refractivity contribution in [3.63, 3.8) is 0 Å². The van der Waals surface area contributed by atoms with Crippen LogP contribution in [0, 0.1) is 17.5 Å². The fourth-order valence-electron chi connectivity index (χ4n) is 1.77. The molecule has 1 unspecified atom stereocenters. The number of para-hydroxylation sites is 1. The highest BCUT2D eigenvalue weighted by molar-refractivity contribution is 5.47. The van der Waals surface area contributed by atoms with E-state index >= 15 is 0 Å². The van der Waals surface area contributed by atoms with Crippen LogP contribution in [0.15, 0.2) is 42.5 Å². The number of hydrogen-bond donors (Lipinski definition) is 2. The van der Waals surface area contributed by atoms with Gasteiger partial charge in [0, 0.05) is 11.6 Å². The maximum atomic E-state index is 13.6. The van der Waals surface area contributed by atoms with Crippen molar-refractivity contribution in [1.82, 2.24) is 0 Å². The molecule has 0 aliphatic rings. The van der Waals surface area contributed by atoms with Gasteiger partial charge in [-0.3, -0.25) is 0 Å². The lowest BCUT2D eigenvalue weighted by Crippen LogP contribution is -2.17. The van der Waals surface area contributed by atoms with E-state index in [1.165, 1.54) is 24.3 Å². The van der Waals surface area contributed by atoms with Crippen LogP contribution < -0.4 is 5.32 Å². The molecule has 2 nitrogen and oxygen atoms in total. The third-order valence-electron chi connectivity index (χ3n) is 2.72. The molecule has 0 aliphatic carbocycles. The number of halogens is 3. The van der Waals surface area contributed by atoms with Crippen LogP contribution in [0.2, 0.25) is 0 Å². The summed E-state index contributed by atoms with van der Waals surface area (Å²) in [4.78, 5) is 0. The quantitative estimate of drug-likeness (QED) is 0.891. The predicted octanol–water partition coefficient (Wildman–Crippen LogP) is 3.25. The zero-order valence-corrected chi connectivity index (χ0v) is 9.91. The number of hydrogen-bond acceptors (Lipinski definition) is 2. The number of rotatable bonds is 4. The van der Waals surface area contributed by atoms with E-state index in [9.17, 15) is 18.3 Å². The smallest absolute Gasteiger partial charge is 0.146 e. The Balaban J connectivity index is 2.28. The Hall–Kier alpha value is -2.01. The van der Waals surface area contributed by atoms with Crippen molar-refractivity contribution in [3.8, 4) is 0 Å². The molecule has 2 aromatic carbocycles. The zero-order chi connectivity index (χ0) is 13.8. The predicted molar refractivity (Wildman–Crippen MR) is 66.2 cm³/mol. The van der Waals surface area contributed by atoms with E-state index in [4.69, 9.17) is 0 Å². The van der Waals surface area contributed by atoms with E-state index in [2.05, 4.69) is 5.32 Å². The van der Waals surface area contributed by atoms with Crippen molar-refractivity contribution < 1.29 is 18.3 Å². The SMILES string of the molecule is OCC(Nc1ccccc1F)c1ccc(F)cc1F. The Kier molecular flexibility index (Phi) is 4.06. The average molecular weight is 267 g/mol. The topological polar surface area (TPSA) is 32.3 Å². The summed E-state index contributed by atoms with van der Waals surface area (Å²) < 4.78 is 39.9. The number of aliphatic hydroxyl groups excluding tert-OH is 1. The fourth-order valence-corrected chi connectivity index (χ4v) is 1.77. The number of anilines is 1. The molecular formula is C14H12F3NO. The summed E-state index contributed by atoms with van der Waals surface area (Å²) >= 11 is 0. The first-order valence-electron chi connectivity index (χ1n) is 5.68. The molecule has 2 rings (SSSR count). The zero-order valence-electron chi connectivity index (χ0n) is 9.91. The van der Waals surface area contributed by atoms with Gasteiger partial charge in [0.05, 0.1) is 18.3 Å². The molecule has 0 saturated carbocycles. The molecule has 0 aliphatic heterocycles. The molecule has 0 aromatic heterocycles. The van der Waals surface area contributed by atoms with E-state index in [1.807, 2.05) is 0 Å². The second kappa shape index (κ2) is 5.75. The van der Waals surface area contributed by atoms with Gasteiger partial charge in [-0.2, -0.15) is 0 Å². The Morgan fingerprint density at radius 2 is 1.74 bits per heavy atom. The monoisotopic (exact) mass is 267 g/mol. The highest BCUT2D eigenvalue weighted by Crippen LogP contribution is 2.24. The molecule has 2 N–H and O–H groups in total. The third-order valence-corrected chi connectivity index (χ3v) is 2.72. The van der Waals surface area contributed by atoms with Gasteiger partial charge in [0.25, 0.3) is 0 Å². The summed E-state index contributed by atoms with van der Waals surface area (Å²) in [5.41, 5.74) is 0.220. The van der Waals surface area contributed by atoms with Crippen LogP contribution in [-0.4, -0.2) is 11.7 Å². The maximum absolute atomic E-state index is 13.6. The van der Waals surface area contributed by atoms with Crippen molar-refractivity contribution in [3.05, 3.63) is 65.5 Å². The lowest BCUT2D eigenvalue weighted by atomic mass is 10.1. The van der Waals surface area contributed by atoms with E-state index < -0.39 is 30.1 Å². The van der Waals surface area contributed by atoms with Crippen LogP contribution in [0.25, 0.3) is 0 Å². The summed E-state index contributed by atoms with van der Waals surface area (Å²) in [5, 5.41) is 12.0. The second-order valence-electron chi connectivity index (χ2n) is 4.03. The largest absolute Gasteiger partial charge is 0.394 e. The first kappa shape index (κ1) is 13.4. The van der Waals surface area contributed by atoms with E-state index in [0.717, 1.165) is 12.1 Å². The number of aliphatic hydroxyl groups is 1. The van der Waals surface area contributed by atoms with Gasteiger partial charge in [-0.05, 0) is 18.2 Å². The van der Waals surface area contributed by atoms with E-state index in [0.29, 0.717) is 0 Å². The average Bonchev–Trinajstić information content (AvgIpc) is 2.39. The highest BCUT2D eigenvalue weighted by Gasteiger charge is 2.16. The molecule has 0 radical (unpaired) electrons. The molecule has 0 amide bonds. The lowest BCUT2D eigenvalue weighted by Gasteiger charge is -2.19. The van der Waals surface area contributed by atoms with Gasteiger partial charge in [-0.25, -0.2) is 13.2 Å². The maximum Gasteiger partial charge on any atom is 0.146 e. The van der Waals surface area contributed by atoms with Crippen LogP contribution in [0.5, 0.6) is 0 Å². The Labute approximate surface area is 108 Å². The van der Waals surface area contributed by atoms with E-state index in [-0.39, 0.29) is 11.3 Å². The molecule has 0 spiro atoms. The summed E-state index contributed by atoms with van der Waals surface area (Å²) in [7, 11) is 0. The molecule has 0 fully saturated rings. The first-order chi connectivity index (χ1) is 9.11. The van der Waals surface area contributed by atoms with Gasteiger partial charge in [-0.15, -0.1) is 0 Å². The summed E-state index contributed by atoms with van der Waals surface area (Å²) in [6.45, 7) is -0.448. The molecule has 19 heavy (non-hydrogen) atoms. The first-order valence-corrected chi connectivity index (χ1v) is 5.68. The van der Waals surface area contributed by atoms with Crippen molar-refractivity contribution in [1.29, 1.82) is 0 Å². The normalized spacial score (nSPS) is 12.2. The molecular weight excluding hydrogens is 255 g/mol. The minimum Gasteiger partial charge on any atom is -0.394 e. The minimum absolute atomic E-state index is 0.0761. The molecule has 0 bridgehead atoms. The third kappa shape index (κ3) is 3.06. The Morgan fingerprint density at radius 3 is 2.37 bits per heavy atom. The van der Waals surface area contributed by atoms with Crippen LogP contribution in [0.4, 0.5) is 18.9 Å². The number of benzene rings is 2. The van der Waals surface area contributed by atoms with Crippen molar-refractivity contribution in [2.75, 3.05) is 11.9 Å². The summed E-state index contributed by atoms with van der Waals surface area (Å²) in [5.74, 6) is -2.00. The van der Waals surface area contributed by atoms with Crippen molar-refractivity contribution in [2.45, 2.75) is 6.04 Å². The van der Waals surface area contributed by atoms with Crippen LogP contribution in [-0.2, 0) is 0 Å². The molecule has 100 valence electrons. The van der Waals surface area contributed by atoms with Gasteiger partial charge < -0.3 is 10.4 Å². The van der Waals surface area contributed by atoms with Crippen LogP contribution in [0.1, 0.15) is 11.6 Å². The van der Waals surface area contributed by atoms with Crippen LogP contribution >= 0.6 is 0 Å². The van der Waals surface area contributed by atoms with Gasteiger partial charge in [0.1, 0.15) is 17.5 Å². The standard InChI is InChI=1S/C14H12F3NO/c15-9-5-6-10(12(17)7-9)14(8-19)18-13-4-2-1-3-11(13)16/h1-7,14,18-19H,8H2. The molecule has 5 heteroatoms. The van der Waals surface area contributed by atoms with Crippen molar-refractivity contribution >= 4 is 5.69 Å². The second-order valence-corrected chi connectivity index (χ2v) is 4.03. The molecule has 0 saturated heterocycles. The summed E-state index contributed by atoms with van der Waals surface area (Å²) in [6.07, 6.45) is 0. The van der Waals surface area contributed by atoms with Gasteiger partial charge in [-0.1, -0.05) is 18.2 Å².